The number of hydrogen-bond donors (Lipinski definition) is 1. The molecule has 0 aliphatic carbocycles. The van der Waals surface area contributed by atoms with Crippen LogP contribution in [0.4, 0.5) is 5.69 Å². The van der Waals surface area contributed by atoms with Gasteiger partial charge < -0.3 is 14.8 Å². The Morgan fingerprint density at radius 3 is 2.26 bits per heavy atom. The van der Waals surface area contributed by atoms with Crippen LogP contribution < -0.4 is 19.1 Å². The molecule has 1 aliphatic rings. The maximum absolute atomic E-state index is 13.3. The van der Waals surface area contributed by atoms with E-state index >= 15 is 0 Å². The van der Waals surface area contributed by atoms with Gasteiger partial charge in [0.1, 0.15) is 0 Å². The summed E-state index contributed by atoms with van der Waals surface area (Å²) in [5.74, 6) is 0.225. The third-order valence-electron chi connectivity index (χ3n) is 5.66. The van der Waals surface area contributed by atoms with Crippen molar-refractivity contribution in [1.82, 2.24) is 5.32 Å². The Kier molecular flexibility index (Phi) is 6.04. The fraction of sp³-hybridized carbons (Fsp3) is 0.348. The van der Waals surface area contributed by atoms with Crippen LogP contribution >= 0.6 is 0 Å². The van der Waals surface area contributed by atoms with E-state index in [0.717, 1.165) is 21.0 Å². The van der Waals surface area contributed by atoms with Gasteiger partial charge in [-0.1, -0.05) is 23.8 Å². The summed E-state index contributed by atoms with van der Waals surface area (Å²) in [4.78, 5) is 12.9. The second-order valence-electron chi connectivity index (χ2n) is 7.71. The summed E-state index contributed by atoms with van der Waals surface area (Å²) in [5.41, 5.74) is 4.42. The summed E-state index contributed by atoms with van der Waals surface area (Å²) in [5, 5.41) is 2.86. The highest BCUT2D eigenvalue weighted by Gasteiger charge is 2.38. The van der Waals surface area contributed by atoms with Gasteiger partial charge in [-0.2, -0.15) is 0 Å². The summed E-state index contributed by atoms with van der Waals surface area (Å²) in [6.45, 7) is 7.41. The third kappa shape index (κ3) is 3.87. The number of nitrogens with zero attached hydrogens (tertiary/aromatic N) is 1. The van der Waals surface area contributed by atoms with E-state index in [-0.39, 0.29) is 10.9 Å². The Bertz CT molecular complexity index is 1180. The smallest absolute Gasteiger partial charge is 0.269 e. The molecule has 1 atom stereocenters. The van der Waals surface area contributed by atoms with Crippen molar-refractivity contribution >= 4 is 27.2 Å². The van der Waals surface area contributed by atoms with Crippen molar-refractivity contribution < 1.29 is 22.7 Å². The lowest BCUT2D eigenvalue weighted by Crippen LogP contribution is -2.39. The number of carbonyl (C=O) groups excluding carboxylic acids is 1. The molecule has 31 heavy (non-hydrogen) atoms. The number of nitrogens with one attached hydrogen (secondary N) is 1. The average molecular weight is 445 g/mol. The summed E-state index contributed by atoms with van der Waals surface area (Å²) in [6, 6.07) is 8.91. The van der Waals surface area contributed by atoms with Crippen LogP contribution in [0.15, 0.2) is 35.2 Å². The molecule has 0 saturated heterocycles. The molecule has 0 radical (unpaired) electrons. The minimum Gasteiger partial charge on any atom is -0.493 e. The highest BCUT2D eigenvalue weighted by atomic mass is 32.2. The normalized spacial score (nSPS) is 15.9. The van der Waals surface area contributed by atoms with Crippen molar-refractivity contribution in [2.75, 3.05) is 25.6 Å². The first-order valence-corrected chi connectivity index (χ1v) is 11.3. The maximum Gasteiger partial charge on any atom is 0.269 e. The van der Waals surface area contributed by atoms with Gasteiger partial charge in [0, 0.05) is 18.7 Å². The quantitative estimate of drug-likeness (QED) is 0.760. The largest absolute Gasteiger partial charge is 0.493 e. The first-order chi connectivity index (χ1) is 14.5. The Hall–Kier alpha value is -3.00. The van der Waals surface area contributed by atoms with E-state index in [4.69, 9.17) is 9.47 Å². The molecule has 7 nitrogen and oxygen atoms in total. The molecule has 0 fully saturated rings. The second-order valence-corrected chi connectivity index (χ2v) is 9.61. The van der Waals surface area contributed by atoms with Crippen LogP contribution in [0.1, 0.15) is 42.1 Å². The number of methoxy groups -OCH3 is 2. The molecule has 166 valence electrons. The summed E-state index contributed by atoms with van der Waals surface area (Å²) in [7, 11) is 0.364. The molecule has 0 unspecified atom stereocenters. The molecule has 0 bridgehead atoms. The maximum atomic E-state index is 13.3. The molecule has 0 spiro atoms. The molecule has 8 heteroatoms. The van der Waals surface area contributed by atoms with Gasteiger partial charge in [0.15, 0.2) is 16.4 Å². The van der Waals surface area contributed by atoms with Crippen LogP contribution in [-0.4, -0.2) is 35.6 Å². The van der Waals surface area contributed by atoms with Crippen LogP contribution in [0.3, 0.4) is 0 Å². The minimum atomic E-state index is -4.05. The monoisotopic (exact) mass is 444 g/mol. The molecule has 3 rings (SSSR count). The lowest BCUT2D eigenvalue weighted by atomic mass is 9.99. The first kappa shape index (κ1) is 22.7. The zero-order valence-corrected chi connectivity index (χ0v) is 19.7. The number of hydrogen-bond acceptors (Lipinski definition) is 5. The zero-order valence-electron chi connectivity index (χ0n) is 18.9. The van der Waals surface area contributed by atoms with Crippen LogP contribution in [-0.2, 0) is 14.8 Å². The van der Waals surface area contributed by atoms with E-state index in [1.807, 2.05) is 39.0 Å². The van der Waals surface area contributed by atoms with E-state index < -0.39 is 15.9 Å². The van der Waals surface area contributed by atoms with E-state index in [1.54, 1.807) is 19.1 Å². The number of rotatable bonds is 5. The van der Waals surface area contributed by atoms with Crippen molar-refractivity contribution in [3.8, 4) is 11.5 Å². The van der Waals surface area contributed by atoms with Gasteiger partial charge in [-0.05, 0) is 50.5 Å². The van der Waals surface area contributed by atoms with Crippen molar-refractivity contribution in [3.05, 3.63) is 57.5 Å². The Labute approximate surface area is 183 Å². The van der Waals surface area contributed by atoms with Gasteiger partial charge >= 0.3 is 0 Å². The number of amides is 1. The highest BCUT2D eigenvalue weighted by Crippen LogP contribution is 2.44. The number of aryl methyl sites for hydroxylation is 2. The molecular formula is C23H28N2O5S. The molecule has 1 heterocycles. The summed E-state index contributed by atoms with van der Waals surface area (Å²) in [6.07, 6.45) is 0. The Morgan fingerprint density at radius 2 is 1.65 bits per heavy atom. The van der Waals surface area contributed by atoms with Gasteiger partial charge in [0.25, 0.3) is 15.9 Å². The van der Waals surface area contributed by atoms with E-state index in [1.165, 1.54) is 21.3 Å². The fourth-order valence-corrected chi connectivity index (χ4v) is 5.34. The molecule has 0 saturated carbocycles. The van der Waals surface area contributed by atoms with Gasteiger partial charge in [-0.25, -0.2) is 8.42 Å². The summed E-state index contributed by atoms with van der Waals surface area (Å²) >= 11 is 0. The van der Waals surface area contributed by atoms with Crippen LogP contribution in [0.2, 0.25) is 0 Å². The number of carbonyl (C=O) groups is 1. The highest BCUT2D eigenvalue weighted by molar-refractivity contribution is 7.97. The number of ether oxygens (including phenoxy) is 2. The molecule has 1 amide bonds. The lowest BCUT2D eigenvalue weighted by molar-refractivity contribution is -0.117. The minimum absolute atomic E-state index is 0.271. The topological polar surface area (TPSA) is 84.9 Å². The van der Waals surface area contributed by atoms with Crippen molar-refractivity contribution in [3.63, 3.8) is 0 Å². The SMILES string of the molecule is COc1cc2c(cc1OC)N(C)S(=O)(=O)C(C(=O)N[C@H](C)c1cc(C)ccc1C)=C2C. The Morgan fingerprint density at radius 1 is 1.03 bits per heavy atom. The van der Waals surface area contributed by atoms with Gasteiger partial charge in [0.05, 0.1) is 25.9 Å². The number of benzene rings is 2. The van der Waals surface area contributed by atoms with Gasteiger partial charge in [-0.15, -0.1) is 0 Å². The third-order valence-corrected chi connectivity index (χ3v) is 7.58. The predicted octanol–water partition coefficient (Wildman–Crippen LogP) is 3.71. The number of fused-ring (bicyclic) bond motifs is 1. The predicted molar refractivity (Wildman–Crippen MR) is 122 cm³/mol. The van der Waals surface area contributed by atoms with Crippen LogP contribution in [0.5, 0.6) is 11.5 Å². The fourth-order valence-electron chi connectivity index (χ4n) is 3.87. The molecule has 2 aromatic rings. The van der Waals surface area contributed by atoms with Gasteiger partial charge in [0.2, 0.25) is 0 Å². The number of sulfonamides is 1. The average Bonchev–Trinajstić information content (AvgIpc) is 2.72. The van der Waals surface area contributed by atoms with Crippen molar-refractivity contribution in [1.29, 1.82) is 0 Å². The van der Waals surface area contributed by atoms with Crippen molar-refractivity contribution in [2.24, 2.45) is 0 Å². The van der Waals surface area contributed by atoms with E-state index in [2.05, 4.69) is 5.32 Å². The van der Waals surface area contributed by atoms with Gasteiger partial charge in [-0.3, -0.25) is 9.10 Å². The molecule has 1 N–H and O–H groups in total. The Balaban J connectivity index is 2.09. The summed E-state index contributed by atoms with van der Waals surface area (Å²) < 4.78 is 38.3. The zero-order chi connectivity index (χ0) is 23.1. The number of anilines is 1. The lowest BCUT2D eigenvalue weighted by Gasteiger charge is -2.31. The van der Waals surface area contributed by atoms with E-state index in [0.29, 0.717) is 28.3 Å². The molecule has 1 aliphatic heterocycles. The second kappa shape index (κ2) is 8.26. The van der Waals surface area contributed by atoms with E-state index in [9.17, 15) is 13.2 Å². The van der Waals surface area contributed by atoms with Crippen LogP contribution in [0, 0.1) is 13.8 Å². The standard InChI is InChI=1S/C23H28N2O5S/c1-13-8-9-14(2)17(10-13)16(4)24-23(26)22-15(3)18-11-20(29-6)21(30-7)12-19(18)25(5)31(22,27)28/h8-12,16H,1-7H3,(H,24,26)/t16-/m1/s1. The molecule has 2 aromatic carbocycles. The van der Waals surface area contributed by atoms with Crippen LogP contribution in [0.25, 0.3) is 5.57 Å². The molecule has 0 aromatic heterocycles. The van der Waals surface area contributed by atoms with Crippen molar-refractivity contribution in [2.45, 2.75) is 33.7 Å². The molecular weight excluding hydrogens is 416 g/mol. The first-order valence-electron chi connectivity index (χ1n) is 9.87. The number of allylic oxidation sites excluding steroid dienone is 1.